The molecule has 2 aromatic carbocycles. The van der Waals surface area contributed by atoms with Crippen molar-refractivity contribution in [3.8, 4) is 11.5 Å². The van der Waals surface area contributed by atoms with Gasteiger partial charge in [-0.3, -0.25) is 4.79 Å². The number of thioether (sulfide) groups is 2. The van der Waals surface area contributed by atoms with Crippen LogP contribution in [0.3, 0.4) is 0 Å². The molecule has 0 radical (unpaired) electrons. The normalized spacial score (nSPS) is 13.8. The van der Waals surface area contributed by atoms with Crippen LogP contribution in [-0.4, -0.2) is 49.9 Å². The van der Waals surface area contributed by atoms with E-state index in [1.54, 1.807) is 12.1 Å². The molecule has 1 aliphatic heterocycles. The van der Waals surface area contributed by atoms with E-state index in [4.69, 9.17) is 9.47 Å². The molecule has 0 bridgehead atoms. The Morgan fingerprint density at radius 2 is 1.75 bits per heavy atom. The monoisotopic (exact) mass is 602 g/mol. The summed E-state index contributed by atoms with van der Waals surface area (Å²) in [5.41, 5.74) is 4.40. The smallest absolute Gasteiger partial charge is 0.343 e. The van der Waals surface area contributed by atoms with Gasteiger partial charge >= 0.3 is 5.97 Å². The zero-order valence-corrected chi connectivity index (χ0v) is 21.8. The van der Waals surface area contributed by atoms with Crippen molar-refractivity contribution in [2.75, 3.05) is 31.8 Å². The van der Waals surface area contributed by atoms with Gasteiger partial charge in [-0.1, -0.05) is 12.1 Å². The van der Waals surface area contributed by atoms with E-state index in [0.29, 0.717) is 30.6 Å². The molecule has 170 valence electrons. The highest BCUT2D eigenvalue weighted by atomic mass is 79.9. The molecule has 0 saturated carbocycles. The van der Waals surface area contributed by atoms with E-state index in [9.17, 15) is 9.59 Å². The number of hydrogen-bond acceptors (Lipinski definition) is 8. The first-order valence-corrected chi connectivity index (χ1v) is 13.1. The number of hydrogen-bond donors (Lipinski definition) is 1. The standard InChI is InChI=1S/C21H20Br2N2O5S2/c1-28-19(27)12-30-20-16(22)8-13(9-17(20)23)10-24-25-18(26)11-29-15-4-2-14(3-5-15)21-31-6-7-32-21/h2-5,8-10,21H,6-7,11-12H2,1H3,(H,25,26)/b24-10-. The summed E-state index contributed by atoms with van der Waals surface area (Å²) >= 11 is 10.7. The van der Waals surface area contributed by atoms with Crippen molar-refractivity contribution in [2.24, 2.45) is 5.10 Å². The van der Waals surface area contributed by atoms with Crippen LogP contribution < -0.4 is 14.9 Å². The lowest BCUT2D eigenvalue weighted by atomic mass is 10.2. The summed E-state index contributed by atoms with van der Waals surface area (Å²) < 4.78 is 17.2. The summed E-state index contributed by atoms with van der Waals surface area (Å²) in [6.07, 6.45) is 1.49. The number of carbonyl (C=O) groups excluding carboxylic acids is 2. The highest BCUT2D eigenvalue weighted by Crippen LogP contribution is 2.45. The molecule has 1 fully saturated rings. The van der Waals surface area contributed by atoms with Gasteiger partial charge in [-0.25, -0.2) is 10.2 Å². The van der Waals surface area contributed by atoms with Gasteiger partial charge in [0.2, 0.25) is 0 Å². The van der Waals surface area contributed by atoms with Crippen LogP contribution in [0, 0.1) is 0 Å². The molecule has 11 heteroatoms. The van der Waals surface area contributed by atoms with Crippen LogP contribution in [0.25, 0.3) is 0 Å². The van der Waals surface area contributed by atoms with Crippen LogP contribution in [0.5, 0.6) is 11.5 Å². The summed E-state index contributed by atoms with van der Waals surface area (Å²) in [6.45, 7) is -0.351. The zero-order valence-electron chi connectivity index (χ0n) is 17.0. The molecule has 1 aliphatic rings. The van der Waals surface area contributed by atoms with Crippen LogP contribution >= 0.6 is 55.4 Å². The predicted molar refractivity (Wildman–Crippen MR) is 135 cm³/mol. The number of rotatable bonds is 9. The predicted octanol–water partition coefficient (Wildman–Crippen LogP) is 4.77. The number of amides is 1. The summed E-state index contributed by atoms with van der Waals surface area (Å²) in [6, 6.07) is 11.3. The second kappa shape index (κ2) is 12.5. The third-order valence-electron chi connectivity index (χ3n) is 4.13. The Morgan fingerprint density at radius 3 is 2.38 bits per heavy atom. The number of nitrogens with one attached hydrogen (secondary N) is 1. The van der Waals surface area contributed by atoms with Crippen LogP contribution in [0.4, 0.5) is 0 Å². The van der Waals surface area contributed by atoms with E-state index in [0.717, 1.165) is 0 Å². The van der Waals surface area contributed by atoms with Gasteiger partial charge in [0.1, 0.15) is 11.5 Å². The van der Waals surface area contributed by atoms with Crippen molar-refractivity contribution in [2.45, 2.75) is 4.58 Å². The van der Waals surface area contributed by atoms with Crippen molar-refractivity contribution in [3.05, 3.63) is 56.5 Å². The molecule has 0 atom stereocenters. The minimum Gasteiger partial charge on any atom is -0.484 e. The Balaban J connectivity index is 1.46. The van der Waals surface area contributed by atoms with E-state index in [-0.39, 0.29) is 19.1 Å². The van der Waals surface area contributed by atoms with Gasteiger partial charge in [0, 0.05) is 11.5 Å². The average molecular weight is 604 g/mol. The van der Waals surface area contributed by atoms with E-state index in [1.165, 1.54) is 30.4 Å². The molecular weight excluding hydrogens is 584 g/mol. The number of carbonyl (C=O) groups is 2. The van der Waals surface area contributed by atoms with Crippen molar-refractivity contribution < 1.29 is 23.8 Å². The summed E-state index contributed by atoms with van der Waals surface area (Å²) in [5.74, 6) is 2.59. The molecule has 1 amide bonds. The molecule has 0 spiro atoms. The second-order valence-electron chi connectivity index (χ2n) is 6.40. The Kier molecular flexibility index (Phi) is 9.76. The second-order valence-corrected chi connectivity index (χ2v) is 10.8. The highest BCUT2D eigenvalue weighted by Gasteiger charge is 2.18. The molecule has 0 unspecified atom stereocenters. The fraction of sp³-hybridized carbons (Fsp3) is 0.286. The van der Waals surface area contributed by atoms with Gasteiger partial charge in [-0.2, -0.15) is 5.10 Å². The number of halogens is 2. The Morgan fingerprint density at radius 1 is 1.09 bits per heavy atom. The number of hydrazone groups is 1. The van der Waals surface area contributed by atoms with Crippen LogP contribution in [0.1, 0.15) is 15.7 Å². The Hall–Kier alpha value is -1.69. The van der Waals surface area contributed by atoms with Gasteiger partial charge in [0.15, 0.2) is 13.2 Å². The minimum absolute atomic E-state index is 0.142. The first-order valence-electron chi connectivity index (χ1n) is 9.43. The number of esters is 1. The quantitative estimate of drug-likeness (QED) is 0.251. The zero-order chi connectivity index (χ0) is 22.9. The molecule has 3 rings (SSSR count). The number of benzene rings is 2. The molecule has 2 aromatic rings. The third kappa shape index (κ3) is 7.43. The van der Waals surface area contributed by atoms with Crippen molar-refractivity contribution in [1.82, 2.24) is 5.43 Å². The average Bonchev–Trinajstić information content (AvgIpc) is 3.32. The first kappa shape index (κ1) is 24.9. The molecule has 1 N–H and O–H groups in total. The van der Waals surface area contributed by atoms with Crippen molar-refractivity contribution >= 4 is 73.5 Å². The lowest BCUT2D eigenvalue weighted by Gasteiger charge is -2.10. The number of methoxy groups -OCH3 is 1. The van der Waals surface area contributed by atoms with E-state index < -0.39 is 5.97 Å². The van der Waals surface area contributed by atoms with Crippen LogP contribution in [0.2, 0.25) is 0 Å². The van der Waals surface area contributed by atoms with Crippen LogP contribution in [0.15, 0.2) is 50.4 Å². The van der Waals surface area contributed by atoms with E-state index in [1.807, 2.05) is 47.8 Å². The largest absolute Gasteiger partial charge is 0.484 e. The summed E-state index contributed by atoms with van der Waals surface area (Å²) in [7, 11) is 1.29. The van der Waals surface area contributed by atoms with Crippen LogP contribution in [-0.2, 0) is 14.3 Å². The SMILES string of the molecule is COC(=O)COc1c(Br)cc(/C=N\NC(=O)COc2ccc(C3SCCS3)cc2)cc1Br. The number of nitrogens with zero attached hydrogens (tertiary/aromatic N) is 1. The first-order chi connectivity index (χ1) is 15.5. The molecule has 0 aromatic heterocycles. The summed E-state index contributed by atoms with van der Waals surface area (Å²) in [4.78, 5) is 23.3. The van der Waals surface area contributed by atoms with Gasteiger partial charge in [-0.05, 0) is 67.3 Å². The van der Waals surface area contributed by atoms with E-state index in [2.05, 4.69) is 47.1 Å². The maximum Gasteiger partial charge on any atom is 0.343 e. The Labute approximate surface area is 211 Å². The molecule has 1 heterocycles. The highest BCUT2D eigenvalue weighted by molar-refractivity contribution is 9.11. The lowest BCUT2D eigenvalue weighted by molar-refractivity contribution is -0.142. The molecule has 32 heavy (non-hydrogen) atoms. The summed E-state index contributed by atoms with van der Waals surface area (Å²) in [5, 5.41) is 3.95. The number of ether oxygens (including phenoxy) is 3. The maximum atomic E-state index is 12.0. The Bertz CT molecular complexity index is 960. The van der Waals surface area contributed by atoms with Crippen molar-refractivity contribution in [1.29, 1.82) is 0 Å². The van der Waals surface area contributed by atoms with Gasteiger partial charge < -0.3 is 14.2 Å². The fourth-order valence-electron chi connectivity index (χ4n) is 2.61. The minimum atomic E-state index is -0.484. The van der Waals surface area contributed by atoms with Gasteiger partial charge in [-0.15, -0.1) is 23.5 Å². The molecule has 1 saturated heterocycles. The fourth-order valence-corrected chi connectivity index (χ4v) is 6.92. The third-order valence-corrected chi connectivity index (χ3v) is 8.41. The lowest BCUT2D eigenvalue weighted by Crippen LogP contribution is -2.24. The molecule has 0 aliphatic carbocycles. The van der Waals surface area contributed by atoms with E-state index >= 15 is 0 Å². The van der Waals surface area contributed by atoms with Crippen molar-refractivity contribution in [3.63, 3.8) is 0 Å². The topological polar surface area (TPSA) is 86.2 Å². The van der Waals surface area contributed by atoms with Gasteiger partial charge in [0.05, 0.1) is 26.9 Å². The molecule has 7 nitrogen and oxygen atoms in total. The maximum absolute atomic E-state index is 12.0. The van der Waals surface area contributed by atoms with Gasteiger partial charge in [0.25, 0.3) is 5.91 Å². The molecular formula is C21H20Br2N2O5S2.